The maximum Gasteiger partial charge on any atom is 0.0565 e. The normalized spacial score (nSPS) is 10.7. The second-order valence-electron chi connectivity index (χ2n) is 2.87. The molecule has 86 valence electrons. The van der Waals surface area contributed by atoms with E-state index in [-0.39, 0.29) is 0 Å². The van der Waals surface area contributed by atoms with Crippen molar-refractivity contribution in [1.82, 2.24) is 0 Å². The van der Waals surface area contributed by atoms with Gasteiger partial charge in [-0.3, -0.25) is 0 Å². The van der Waals surface area contributed by atoms with Crippen LogP contribution in [0.3, 0.4) is 0 Å². The summed E-state index contributed by atoms with van der Waals surface area (Å²) in [6.07, 6.45) is 2.23. The number of hydrogen-bond acceptors (Lipinski definition) is 4. The van der Waals surface area contributed by atoms with Crippen LogP contribution in [-0.4, -0.2) is 37.9 Å². The first-order chi connectivity index (χ1) is 6.91. The molecule has 0 aliphatic rings. The molecule has 4 heteroatoms. The fraction of sp³-hybridized carbons (Fsp3) is 1.00. The van der Waals surface area contributed by atoms with Crippen LogP contribution in [-0.2, 0) is 9.47 Å². The van der Waals surface area contributed by atoms with Gasteiger partial charge < -0.3 is 9.47 Å². The van der Waals surface area contributed by atoms with Crippen LogP contribution in [0.4, 0.5) is 0 Å². The lowest BCUT2D eigenvalue weighted by Crippen LogP contribution is -1.99. The van der Waals surface area contributed by atoms with Crippen molar-refractivity contribution in [2.24, 2.45) is 0 Å². The quantitative estimate of drug-likeness (QED) is 0.406. The van der Waals surface area contributed by atoms with Crippen LogP contribution in [0.5, 0.6) is 0 Å². The lowest BCUT2D eigenvalue weighted by Gasteiger charge is -2.03. The Kier molecular flexibility index (Phi) is 14.2. The van der Waals surface area contributed by atoms with Crippen molar-refractivity contribution in [3.8, 4) is 0 Å². The van der Waals surface area contributed by atoms with Gasteiger partial charge in [0.25, 0.3) is 0 Å². The molecule has 0 fully saturated rings. The minimum Gasteiger partial charge on any atom is -0.381 e. The molecule has 0 N–H and O–H groups in total. The van der Waals surface area contributed by atoms with Crippen molar-refractivity contribution in [2.75, 3.05) is 37.9 Å². The van der Waals surface area contributed by atoms with E-state index in [0.717, 1.165) is 50.8 Å². The molecule has 0 atom stereocenters. The molecule has 0 saturated heterocycles. The molecule has 0 radical (unpaired) electrons. The third kappa shape index (κ3) is 12.6. The van der Waals surface area contributed by atoms with Crippen LogP contribution in [0.15, 0.2) is 0 Å². The molecule has 0 saturated carbocycles. The van der Waals surface area contributed by atoms with Crippen molar-refractivity contribution < 1.29 is 9.47 Å². The van der Waals surface area contributed by atoms with Gasteiger partial charge in [0.1, 0.15) is 0 Å². The summed E-state index contributed by atoms with van der Waals surface area (Å²) in [6, 6.07) is 0. The topological polar surface area (TPSA) is 18.5 Å². The number of rotatable bonds is 11. The number of hydrogen-bond donors (Lipinski definition) is 0. The van der Waals surface area contributed by atoms with Gasteiger partial charge in [-0.2, -0.15) is 0 Å². The van der Waals surface area contributed by atoms with Crippen molar-refractivity contribution in [3.63, 3.8) is 0 Å². The average Bonchev–Trinajstić information content (AvgIpc) is 2.21. The Hall–Kier alpha value is 0.620. The molecule has 0 heterocycles. The molecular formula is C10H22O2S2. The zero-order chi connectivity index (χ0) is 10.5. The molecule has 14 heavy (non-hydrogen) atoms. The van der Waals surface area contributed by atoms with E-state index in [1.165, 1.54) is 0 Å². The van der Waals surface area contributed by atoms with Gasteiger partial charge in [-0.15, -0.1) is 0 Å². The van der Waals surface area contributed by atoms with Crippen LogP contribution in [0, 0.1) is 0 Å². The smallest absolute Gasteiger partial charge is 0.0565 e. The van der Waals surface area contributed by atoms with E-state index < -0.39 is 0 Å². The maximum absolute atomic E-state index is 5.36. The van der Waals surface area contributed by atoms with Gasteiger partial charge in [0.15, 0.2) is 0 Å². The highest BCUT2D eigenvalue weighted by Gasteiger charge is 1.91. The van der Waals surface area contributed by atoms with Crippen LogP contribution in [0.2, 0.25) is 0 Å². The Morgan fingerprint density at radius 1 is 0.714 bits per heavy atom. The van der Waals surface area contributed by atoms with Crippen molar-refractivity contribution in [1.29, 1.82) is 0 Å². The van der Waals surface area contributed by atoms with Crippen LogP contribution >= 0.6 is 21.6 Å². The Balaban J connectivity index is 2.78. The summed E-state index contributed by atoms with van der Waals surface area (Å²) in [5.41, 5.74) is 0. The molecular weight excluding hydrogens is 216 g/mol. The van der Waals surface area contributed by atoms with Gasteiger partial charge in [0.05, 0.1) is 13.2 Å². The molecule has 0 aromatic carbocycles. The molecule has 0 bridgehead atoms. The molecule has 0 aromatic heterocycles. The van der Waals surface area contributed by atoms with Crippen LogP contribution in [0.25, 0.3) is 0 Å². The van der Waals surface area contributed by atoms with Gasteiger partial charge in [-0.25, -0.2) is 0 Å². The van der Waals surface area contributed by atoms with Gasteiger partial charge in [0, 0.05) is 24.7 Å². The second kappa shape index (κ2) is 13.6. The van der Waals surface area contributed by atoms with E-state index in [1.807, 2.05) is 21.6 Å². The molecule has 0 aliphatic carbocycles. The van der Waals surface area contributed by atoms with E-state index in [1.54, 1.807) is 0 Å². The number of ether oxygens (including phenoxy) is 2. The molecule has 0 spiro atoms. The Bertz CT molecular complexity index is 90.1. The fourth-order valence-corrected chi connectivity index (χ4v) is 2.52. The van der Waals surface area contributed by atoms with E-state index in [0.29, 0.717) is 0 Å². The van der Waals surface area contributed by atoms with Crippen molar-refractivity contribution in [3.05, 3.63) is 0 Å². The highest BCUT2D eigenvalue weighted by atomic mass is 33.1. The first kappa shape index (κ1) is 14.6. The molecule has 0 unspecified atom stereocenters. The third-order valence-corrected chi connectivity index (χ3v) is 3.74. The highest BCUT2D eigenvalue weighted by Crippen LogP contribution is 2.20. The first-order valence-corrected chi connectivity index (χ1v) is 7.80. The van der Waals surface area contributed by atoms with Crippen LogP contribution < -0.4 is 0 Å². The summed E-state index contributed by atoms with van der Waals surface area (Å²) in [5, 5.41) is 0. The van der Waals surface area contributed by atoms with Crippen molar-refractivity contribution in [2.45, 2.75) is 26.7 Å². The lowest BCUT2D eigenvalue weighted by molar-refractivity contribution is 0.150. The highest BCUT2D eigenvalue weighted by molar-refractivity contribution is 8.76. The van der Waals surface area contributed by atoms with E-state index in [2.05, 4.69) is 13.8 Å². The second-order valence-corrected chi connectivity index (χ2v) is 5.57. The molecule has 0 aromatic rings. The Morgan fingerprint density at radius 2 is 1.14 bits per heavy atom. The SMILES string of the molecule is CCCOCCSSCCOCCC. The third-order valence-electron chi connectivity index (χ3n) is 1.40. The van der Waals surface area contributed by atoms with E-state index >= 15 is 0 Å². The summed E-state index contributed by atoms with van der Waals surface area (Å²) >= 11 is 0. The lowest BCUT2D eigenvalue weighted by atomic mass is 10.5. The van der Waals surface area contributed by atoms with E-state index in [9.17, 15) is 0 Å². The van der Waals surface area contributed by atoms with Gasteiger partial charge >= 0.3 is 0 Å². The van der Waals surface area contributed by atoms with E-state index in [4.69, 9.17) is 9.47 Å². The Morgan fingerprint density at radius 3 is 1.50 bits per heavy atom. The molecule has 0 rings (SSSR count). The monoisotopic (exact) mass is 238 g/mol. The zero-order valence-corrected chi connectivity index (χ0v) is 10.9. The minimum atomic E-state index is 0.876. The van der Waals surface area contributed by atoms with Gasteiger partial charge in [-0.1, -0.05) is 35.4 Å². The fourth-order valence-electron chi connectivity index (χ4n) is 0.797. The summed E-state index contributed by atoms with van der Waals surface area (Å²) in [5.74, 6) is 2.16. The predicted molar refractivity (Wildman–Crippen MR) is 67.1 cm³/mol. The Labute approximate surface area is 95.9 Å². The summed E-state index contributed by atoms with van der Waals surface area (Å²) in [4.78, 5) is 0. The van der Waals surface area contributed by atoms with Crippen molar-refractivity contribution >= 4 is 21.6 Å². The summed E-state index contributed by atoms with van der Waals surface area (Å²) < 4.78 is 10.7. The molecule has 0 amide bonds. The maximum atomic E-state index is 5.36. The predicted octanol–water partition coefficient (Wildman–Crippen LogP) is 3.22. The standard InChI is InChI=1S/C10H22O2S2/c1-3-5-11-7-9-13-14-10-8-12-6-4-2/h3-10H2,1-2H3. The summed E-state index contributed by atoms with van der Waals surface area (Å²) in [7, 11) is 3.75. The van der Waals surface area contributed by atoms with Crippen LogP contribution in [0.1, 0.15) is 26.7 Å². The van der Waals surface area contributed by atoms with Gasteiger partial charge in [0.2, 0.25) is 0 Å². The molecule has 0 aliphatic heterocycles. The van der Waals surface area contributed by atoms with Gasteiger partial charge in [-0.05, 0) is 12.8 Å². The largest absolute Gasteiger partial charge is 0.381 e. The first-order valence-electron chi connectivity index (χ1n) is 5.31. The minimum absolute atomic E-state index is 0.876. The zero-order valence-electron chi connectivity index (χ0n) is 9.29. The average molecular weight is 238 g/mol. The summed E-state index contributed by atoms with van der Waals surface area (Å²) in [6.45, 7) is 7.80. The molecule has 2 nitrogen and oxygen atoms in total.